The van der Waals surface area contributed by atoms with Crippen LogP contribution in [0.25, 0.3) is 0 Å². The van der Waals surface area contributed by atoms with Gasteiger partial charge in [-0.15, -0.1) is 6.42 Å². The summed E-state index contributed by atoms with van der Waals surface area (Å²) in [6.45, 7) is 1.50. The lowest BCUT2D eigenvalue weighted by atomic mass is 10.1. The number of anilines is 3. The summed E-state index contributed by atoms with van der Waals surface area (Å²) in [5.41, 5.74) is 1.22. The summed E-state index contributed by atoms with van der Waals surface area (Å²) in [4.78, 5) is 13.1. The van der Waals surface area contributed by atoms with E-state index in [1.54, 1.807) is 6.26 Å². The van der Waals surface area contributed by atoms with E-state index in [1.807, 2.05) is 24.3 Å². The molecule has 0 aliphatic carbocycles. The Morgan fingerprint density at radius 1 is 0.963 bits per heavy atom. The third kappa shape index (κ3) is 6.01. The van der Waals surface area contributed by atoms with Crippen molar-refractivity contribution in [1.82, 2.24) is 15.0 Å². The van der Waals surface area contributed by atoms with Gasteiger partial charge in [0.1, 0.15) is 5.76 Å². The molecule has 0 saturated carbocycles. The van der Waals surface area contributed by atoms with Gasteiger partial charge in [-0.1, -0.05) is 34.0 Å². The molecule has 3 rings (SSSR count). The number of halogens is 1. The highest BCUT2D eigenvalue weighted by molar-refractivity contribution is 9.10. The Morgan fingerprint density at radius 2 is 1.67 bits per heavy atom. The highest BCUT2D eigenvalue weighted by Gasteiger charge is 2.07. The molecular formula is C19H19BrN6O. The van der Waals surface area contributed by atoms with Gasteiger partial charge in [-0.05, 0) is 36.2 Å². The number of rotatable bonds is 9. The van der Waals surface area contributed by atoms with Crippen molar-refractivity contribution >= 4 is 33.8 Å². The molecule has 0 aliphatic heterocycles. The molecule has 0 fully saturated rings. The van der Waals surface area contributed by atoms with E-state index in [-0.39, 0.29) is 0 Å². The van der Waals surface area contributed by atoms with Crippen LogP contribution in [-0.2, 0) is 13.0 Å². The van der Waals surface area contributed by atoms with Gasteiger partial charge in [0.05, 0.1) is 19.4 Å². The first kappa shape index (κ1) is 18.7. The summed E-state index contributed by atoms with van der Waals surface area (Å²) < 4.78 is 6.37. The molecule has 0 bridgehead atoms. The Kier molecular flexibility index (Phi) is 6.66. The number of nitrogens with one attached hydrogen (secondary N) is 3. The third-order valence-electron chi connectivity index (χ3n) is 3.59. The minimum Gasteiger partial charge on any atom is -0.467 e. The molecule has 1 aromatic carbocycles. The first-order chi connectivity index (χ1) is 13.2. The lowest BCUT2D eigenvalue weighted by Gasteiger charge is -2.10. The van der Waals surface area contributed by atoms with E-state index < -0.39 is 0 Å². The molecule has 0 radical (unpaired) electrons. The summed E-state index contributed by atoms with van der Waals surface area (Å²) in [6, 6.07) is 11.9. The molecule has 0 aliphatic rings. The zero-order valence-electron chi connectivity index (χ0n) is 14.6. The van der Waals surface area contributed by atoms with Gasteiger partial charge >= 0.3 is 0 Å². The minimum absolute atomic E-state index is 0.333. The molecule has 27 heavy (non-hydrogen) atoms. The number of terminal acetylenes is 1. The quantitative estimate of drug-likeness (QED) is 0.451. The van der Waals surface area contributed by atoms with Crippen LogP contribution in [0.4, 0.5) is 17.8 Å². The van der Waals surface area contributed by atoms with Crippen LogP contribution in [0.3, 0.4) is 0 Å². The van der Waals surface area contributed by atoms with Crippen LogP contribution in [0.15, 0.2) is 51.6 Å². The van der Waals surface area contributed by atoms with Crippen molar-refractivity contribution in [3.63, 3.8) is 0 Å². The summed E-state index contributed by atoms with van der Waals surface area (Å²) in [5, 5.41) is 9.33. The first-order valence-electron chi connectivity index (χ1n) is 8.41. The summed E-state index contributed by atoms with van der Waals surface area (Å²) in [7, 11) is 0. The topological polar surface area (TPSA) is 87.9 Å². The van der Waals surface area contributed by atoms with Crippen molar-refractivity contribution in [2.45, 2.75) is 13.0 Å². The van der Waals surface area contributed by atoms with Gasteiger partial charge in [-0.3, -0.25) is 0 Å². The standard InChI is InChI=1S/C19H19BrN6O/c1-2-10-21-17-24-18(22-11-9-14-5-7-15(20)8-6-14)26-19(25-17)23-13-16-4-3-12-27-16/h1,3-8,12H,9-11,13H2,(H3,21,22,23,24,25,26). The third-order valence-corrected chi connectivity index (χ3v) is 4.12. The molecule has 8 heteroatoms. The van der Waals surface area contributed by atoms with E-state index in [4.69, 9.17) is 10.8 Å². The molecule has 0 atom stereocenters. The van der Waals surface area contributed by atoms with Gasteiger partial charge in [-0.25, -0.2) is 0 Å². The zero-order valence-corrected chi connectivity index (χ0v) is 16.2. The molecule has 2 aromatic heterocycles. The van der Waals surface area contributed by atoms with Gasteiger partial charge in [-0.2, -0.15) is 15.0 Å². The zero-order chi connectivity index (χ0) is 18.9. The van der Waals surface area contributed by atoms with Gasteiger partial charge in [0.15, 0.2) is 0 Å². The van der Waals surface area contributed by atoms with E-state index >= 15 is 0 Å². The van der Waals surface area contributed by atoms with Crippen molar-refractivity contribution in [2.75, 3.05) is 29.0 Å². The molecule has 0 spiro atoms. The Morgan fingerprint density at radius 3 is 2.33 bits per heavy atom. The lowest BCUT2D eigenvalue weighted by molar-refractivity contribution is 0.517. The fraction of sp³-hybridized carbons (Fsp3) is 0.211. The van der Waals surface area contributed by atoms with E-state index in [2.05, 4.69) is 64.9 Å². The fourth-order valence-corrected chi connectivity index (χ4v) is 2.56. The fourth-order valence-electron chi connectivity index (χ4n) is 2.29. The Balaban J connectivity index is 1.63. The molecule has 0 unspecified atom stereocenters. The normalized spacial score (nSPS) is 10.2. The largest absolute Gasteiger partial charge is 0.467 e. The average Bonchev–Trinajstić information content (AvgIpc) is 3.20. The molecule has 138 valence electrons. The van der Waals surface area contributed by atoms with E-state index in [0.717, 1.165) is 16.7 Å². The van der Waals surface area contributed by atoms with Crippen LogP contribution in [0.1, 0.15) is 11.3 Å². The molecular weight excluding hydrogens is 408 g/mol. The number of aromatic nitrogens is 3. The van der Waals surface area contributed by atoms with Gasteiger partial charge < -0.3 is 20.4 Å². The summed E-state index contributed by atoms with van der Waals surface area (Å²) in [5.74, 6) is 4.62. The van der Waals surface area contributed by atoms with Crippen molar-refractivity contribution in [1.29, 1.82) is 0 Å². The molecule has 0 amide bonds. The maximum atomic E-state index is 5.31. The highest BCUT2D eigenvalue weighted by Crippen LogP contribution is 2.13. The van der Waals surface area contributed by atoms with Crippen LogP contribution in [0, 0.1) is 12.3 Å². The van der Waals surface area contributed by atoms with Crippen LogP contribution in [-0.4, -0.2) is 28.0 Å². The second kappa shape index (κ2) is 9.59. The van der Waals surface area contributed by atoms with Gasteiger partial charge in [0.2, 0.25) is 17.8 Å². The predicted molar refractivity (Wildman–Crippen MR) is 110 cm³/mol. The number of furan rings is 1. The van der Waals surface area contributed by atoms with Crippen LogP contribution < -0.4 is 16.0 Å². The highest BCUT2D eigenvalue weighted by atomic mass is 79.9. The second-order valence-electron chi connectivity index (χ2n) is 5.60. The Hall–Kier alpha value is -3.05. The van der Waals surface area contributed by atoms with Gasteiger partial charge in [0, 0.05) is 11.0 Å². The Bertz CT molecular complexity index is 890. The number of benzene rings is 1. The molecule has 3 N–H and O–H groups in total. The number of hydrogen-bond donors (Lipinski definition) is 3. The summed E-state index contributed by atoms with van der Waals surface area (Å²) in [6.07, 6.45) is 7.77. The lowest BCUT2D eigenvalue weighted by Crippen LogP contribution is -2.14. The minimum atomic E-state index is 0.333. The van der Waals surface area contributed by atoms with Crippen molar-refractivity contribution < 1.29 is 4.42 Å². The van der Waals surface area contributed by atoms with Crippen molar-refractivity contribution in [3.05, 3.63) is 58.5 Å². The van der Waals surface area contributed by atoms with Crippen molar-refractivity contribution in [3.8, 4) is 12.3 Å². The smallest absolute Gasteiger partial charge is 0.230 e. The molecule has 2 heterocycles. The monoisotopic (exact) mass is 426 g/mol. The van der Waals surface area contributed by atoms with E-state index in [9.17, 15) is 0 Å². The Labute approximate surface area is 166 Å². The molecule has 7 nitrogen and oxygen atoms in total. The van der Waals surface area contributed by atoms with Crippen molar-refractivity contribution in [2.24, 2.45) is 0 Å². The summed E-state index contributed by atoms with van der Waals surface area (Å²) >= 11 is 3.44. The molecule has 3 aromatic rings. The van der Waals surface area contributed by atoms with Crippen LogP contribution >= 0.6 is 15.9 Å². The van der Waals surface area contributed by atoms with Crippen LogP contribution in [0.2, 0.25) is 0 Å². The van der Waals surface area contributed by atoms with E-state index in [0.29, 0.717) is 37.5 Å². The number of nitrogens with zero attached hydrogens (tertiary/aromatic N) is 3. The van der Waals surface area contributed by atoms with Gasteiger partial charge in [0.25, 0.3) is 0 Å². The average molecular weight is 427 g/mol. The second-order valence-corrected chi connectivity index (χ2v) is 6.52. The molecule has 0 saturated heterocycles. The SMILES string of the molecule is C#CCNc1nc(NCCc2ccc(Br)cc2)nc(NCc2ccco2)n1. The van der Waals surface area contributed by atoms with E-state index in [1.165, 1.54) is 5.56 Å². The predicted octanol–water partition coefficient (Wildman–Crippen LogP) is 3.54. The first-order valence-corrected chi connectivity index (χ1v) is 9.20. The maximum absolute atomic E-state index is 5.31. The maximum Gasteiger partial charge on any atom is 0.230 e. The number of hydrogen-bond acceptors (Lipinski definition) is 7. The van der Waals surface area contributed by atoms with Crippen LogP contribution in [0.5, 0.6) is 0 Å².